The number of benzene rings is 1. The molecule has 0 bridgehead atoms. The molecule has 0 amide bonds. The molecule has 0 saturated heterocycles. The molecule has 4 N–H and O–H groups in total. The third-order valence-electron chi connectivity index (χ3n) is 3.22. The van der Waals surface area contributed by atoms with Crippen LogP contribution in [0, 0.1) is 5.92 Å². The van der Waals surface area contributed by atoms with E-state index in [0.29, 0.717) is 5.56 Å². The molecule has 23 heavy (non-hydrogen) atoms. The molecule has 0 spiro atoms. The Hall–Kier alpha value is -2.41. The second-order valence-corrected chi connectivity index (χ2v) is 6.26. The smallest absolute Gasteiger partial charge is 0.339 e. The minimum Gasteiger partial charge on any atom is -0.481 e. The molecular weight excluding hydrogens is 302 g/mol. The Morgan fingerprint density at radius 3 is 2.04 bits per heavy atom. The Labute approximate surface area is 134 Å². The molecule has 7 nitrogen and oxygen atoms in total. The molecule has 7 heteroatoms. The number of esters is 1. The summed E-state index contributed by atoms with van der Waals surface area (Å²) in [6, 6.07) is 8.36. The van der Waals surface area contributed by atoms with E-state index in [0.717, 1.165) is 0 Å². The van der Waals surface area contributed by atoms with E-state index in [1.807, 2.05) is 0 Å². The minimum absolute atomic E-state index is 0.210. The van der Waals surface area contributed by atoms with Crippen LogP contribution in [0.2, 0.25) is 0 Å². The van der Waals surface area contributed by atoms with Crippen LogP contribution in [0.1, 0.15) is 26.3 Å². The lowest BCUT2D eigenvalue weighted by Gasteiger charge is -2.32. The van der Waals surface area contributed by atoms with Gasteiger partial charge in [0, 0.05) is 0 Å². The number of carbonyl (C=O) groups excluding carboxylic acids is 1. The molecule has 0 saturated carbocycles. The van der Waals surface area contributed by atoms with Crippen molar-refractivity contribution in [3.8, 4) is 0 Å². The fourth-order valence-electron chi connectivity index (χ4n) is 2.03. The molecule has 0 heterocycles. The van der Waals surface area contributed by atoms with Crippen LogP contribution in [-0.2, 0) is 25.5 Å². The molecule has 1 rings (SSSR count). The molecule has 0 fully saturated rings. The van der Waals surface area contributed by atoms with Crippen LogP contribution >= 0.6 is 0 Å². The van der Waals surface area contributed by atoms with Crippen molar-refractivity contribution in [3.63, 3.8) is 0 Å². The lowest BCUT2D eigenvalue weighted by atomic mass is 9.80. The van der Waals surface area contributed by atoms with E-state index in [1.54, 1.807) is 51.1 Å². The summed E-state index contributed by atoms with van der Waals surface area (Å²) >= 11 is 0. The molecule has 1 unspecified atom stereocenters. The van der Waals surface area contributed by atoms with Crippen LogP contribution in [0.15, 0.2) is 30.3 Å². The number of carbonyl (C=O) groups is 3. The summed E-state index contributed by atoms with van der Waals surface area (Å²) in [5, 5.41) is 18.8. The first-order valence-corrected chi connectivity index (χ1v) is 7.01. The maximum atomic E-state index is 12.3. The molecule has 0 aliphatic heterocycles. The number of carboxylic acids is 2. The molecule has 0 radical (unpaired) electrons. The zero-order chi connectivity index (χ0) is 17.8. The third kappa shape index (κ3) is 4.53. The zero-order valence-electron chi connectivity index (χ0n) is 13.3. The van der Waals surface area contributed by atoms with Crippen molar-refractivity contribution in [1.82, 2.24) is 0 Å². The van der Waals surface area contributed by atoms with Gasteiger partial charge < -0.3 is 20.7 Å². The Kier molecular flexibility index (Phi) is 5.50. The van der Waals surface area contributed by atoms with E-state index >= 15 is 0 Å². The highest BCUT2D eigenvalue weighted by molar-refractivity contribution is 6.07. The number of hydrogen-bond acceptors (Lipinski definition) is 5. The number of carboxylic acid groups (broad SMARTS) is 2. The monoisotopic (exact) mass is 323 g/mol. The number of nitrogens with two attached hydrogens (primary N) is 1. The highest BCUT2D eigenvalue weighted by atomic mass is 16.6. The number of hydrogen-bond donors (Lipinski definition) is 3. The highest BCUT2D eigenvalue weighted by Gasteiger charge is 2.55. The van der Waals surface area contributed by atoms with Gasteiger partial charge in [0.05, 0.1) is 0 Å². The highest BCUT2D eigenvalue weighted by Crippen LogP contribution is 2.25. The van der Waals surface area contributed by atoms with E-state index in [9.17, 15) is 24.6 Å². The van der Waals surface area contributed by atoms with Crippen LogP contribution in [0.4, 0.5) is 0 Å². The minimum atomic E-state index is -2.69. The second-order valence-electron chi connectivity index (χ2n) is 6.26. The third-order valence-corrected chi connectivity index (χ3v) is 3.22. The van der Waals surface area contributed by atoms with Gasteiger partial charge in [0.25, 0.3) is 0 Å². The van der Waals surface area contributed by atoms with Gasteiger partial charge in [-0.25, -0.2) is 9.59 Å². The lowest BCUT2D eigenvalue weighted by Crippen LogP contribution is -2.64. The van der Waals surface area contributed by atoms with Crippen molar-refractivity contribution in [2.45, 2.75) is 38.3 Å². The van der Waals surface area contributed by atoms with Gasteiger partial charge >= 0.3 is 17.9 Å². The first kappa shape index (κ1) is 18.6. The Bertz CT molecular complexity index is 592. The van der Waals surface area contributed by atoms with Crippen molar-refractivity contribution in [3.05, 3.63) is 35.9 Å². The van der Waals surface area contributed by atoms with E-state index in [1.165, 1.54) is 0 Å². The predicted octanol–water partition coefficient (Wildman–Crippen LogP) is 1.05. The Balaban J connectivity index is 3.23. The second kappa shape index (κ2) is 6.78. The standard InChI is InChI=1S/C16H21NO6/c1-15(2,3)23-14(22)16(17,13(20)21)11(12(18)19)9-10-7-5-4-6-8-10/h4-8,11H,9,17H2,1-3H3,(H,18,19)(H,20,21)/t11?,16-/m0/s1. The summed E-state index contributed by atoms with van der Waals surface area (Å²) in [6.07, 6.45) is -0.210. The average Bonchev–Trinajstić information content (AvgIpc) is 2.42. The Morgan fingerprint density at radius 1 is 1.13 bits per heavy atom. The maximum absolute atomic E-state index is 12.3. The largest absolute Gasteiger partial charge is 0.481 e. The van der Waals surface area contributed by atoms with Gasteiger partial charge in [-0.3, -0.25) is 4.79 Å². The maximum Gasteiger partial charge on any atom is 0.339 e. The Morgan fingerprint density at radius 2 is 1.65 bits per heavy atom. The zero-order valence-corrected chi connectivity index (χ0v) is 13.3. The van der Waals surface area contributed by atoms with E-state index in [2.05, 4.69) is 0 Å². The topological polar surface area (TPSA) is 127 Å². The molecule has 0 aromatic heterocycles. The van der Waals surface area contributed by atoms with Gasteiger partial charge in [0.15, 0.2) is 0 Å². The fraction of sp³-hybridized carbons (Fsp3) is 0.438. The first-order valence-electron chi connectivity index (χ1n) is 7.01. The van der Waals surface area contributed by atoms with Crippen LogP contribution in [-0.4, -0.2) is 39.3 Å². The lowest BCUT2D eigenvalue weighted by molar-refractivity contribution is -0.176. The summed E-state index contributed by atoms with van der Waals surface area (Å²) < 4.78 is 5.02. The van der Waals surface area contributed by atoms with Crippen molar-refractivity contribution in [1.29, 1.82) is 0 Å². The van der Waals surface area contributed by atoms with Crippen LogP contribution < -0.4 is 5.73 Å². The molecular formula is C16H21NO6. The number of rotatable bonds is 6. The molecule has 0 aliphatic rings. The number of aliphatic carboxylic acids is 2. The predicted molar refractivity (Wildman–Crippen MR) is 81.7 cm³/mol. The van der Waals surface area contributed by atoms with Crippen LogP contribution in [0.3, 0.4) is 0 Å². The summed E-state index contributed by atoms with van der Waals surface area (Å²) in [4.78, 5) is 35.4. The van der Waals surface area contributed by atoms with Crippen molar-refractivity contribution in [2.75, 3.05) is 0 Å². The molecule has 0 aliphatic carbocycles. The van der Waals surface area contributed by atoms with E-state index < -0.39 is 35.0 Å². The molecule has 1 aromatic carbocycles. The van der Waals surface area contributed by atoms with Gasteiger partial charge in [-0.05, 0) is 32.8 Å². The first-order chi connectivity index (χ1) is 10.5. The van der Waals surface area contributed by atoms with Crippen LogP contribution in [0.5, 0.6) is 0 Å². The van der Waals surface area contributed by atoms with Gasteiger partial charge in [0.1, 0.15) is 11.5 Å². The van der Waals surface area contributed by atoms with Crippen molar-refractivity contribution in [2.24, 2.45) is 11.7 Å². The molecule has 2 atom stereocenters. The summed E-state index contributed by atoms with van der Waals surface area (Å²) in [5.41, 5.74) is 2.61. The summed E-state index contributed by atoms with van der Waals surface area (Å²) in [6.45, 7) is 4.63. The van der Waals surface area contributed by atoms with Crippen molar-refractivity contribution >= 4 is 17.9 Å². The SMILES string of the molecule is CC(C)(C)OC(=O)[C@@](N)(C(=O)O)C(Cc1ccccc1)C(=O)O. The number of ether oxygens (including phenoxy) is 1. The average molecular weight is 323 g/mol. The van der Waals surface area contributed by atoms with Crippen molar-refractivity contribution < 1.29 is 29.3 Å². The van der Waals surface area contributed by atoms with E-state index in [-0.39, 0.29) is 6.42 Å². The fourth-order valence-corrected chi connectivity index (χ4v) is 2.03. The summed E-state index contributed by atoms with van der Waals surface area (Å²) in [5.74, 6) is -6.17. The van der Waals surface area contributed by atoms with E-state index in [4.69, 9.17) is 10.5 Å². The summed E-state index contributed by atoms with van der Waals surface area (Å²) in [7, 11) is 0. The molecule has 1 aromatic rings. The molecule has 126 valence electrons. The van der Waals surface area contributed by atoms with Gasteiger partial charge in [-0.15, -0.1) is 0 Å². The normalized spacial score (nSPS) is 15.3. The van der Waals surface area contributed by atoms with Crippen LogP contribution in [0.25, 0.3) is 0 Å². The quantitative estimate of drug-likeness (QED) is 0.527. The van der Waals surface area contributed by atoms with Gasteiger partial charge in [0.2, 0.25) is 5.54 Å². The van der Waals surface area contributed by atoms with Gasteiger partial charge in [-0.2, -0.15) is 0 Å². The van der Waals surface area contributed by atoms with Gasteiger partial charge in [-0.1, -0.05) is 30.3 Å².